The van der Waals surface area contributed by atoms with Gasteiger partial charge in [0.15, 0.2) is 0 Å². The summed E-state index contributed by atoms with van der Waals surface area (Å²) in [5, 5.41) is 27.2. The van der Waals surface area contributed by atoms with Gasteiger partial charge in [0.1, 0.15) is 18.6 Å². The van der Waals surface area contributed by atoms with Crippen LogP contribution in [-0.4, -0.2) is 74.5 Å². The van der Waals surface area contributed by atoms with Gasteiger partial charge >= 0.3 is 11.9 Å². The number of carbonyl (C=O) groups excluding carboxylic acids is 3. The van der Waals surface area contributed by atoms with Gasteiger partial charge in [0.05, 0.1) is 12.5 Å². The number of para-hydroxylation sites is 2. The first-order valence-corrected chi connectivity index (χ1v) is 12.8. The zero-order chi connectivity index (χ0) is 29.5. The number of nitrogens with one attached hydrogen (secondary N) is 5. The Labute approximate surface area is 233 Å². The predicted octanol–water partition coefficient (Wildman–Crippen LogP) is 0.407. The Morgan fingerprint density at radius 3 is 1.80 bits per heavy atom. The lowest BCUT2D eigenvalue weighted by Crippen LogP contribution is -2.57. The van der Waals surface area contributed by atoms with Crippen molar-refractivity contribution in [2.75, 3.05) is 6.54 Å². The Bertz CT molecular complexity index is 1590. The molecular formula is C28H30N6O7. The van der Waals surface area contributed by atoms with Gasteiger partial charge < -0.3 is 41.9 Å². The number of aromatic amines is 2. The molecule has 13 nitrogen and oxygen atoms in total. The fourth-order valence-electron chi connectivity index (χ4n) is 4.58. The van der Waals surface area contributed by atoms with Gasteiger partial charge in [-0.3, -0.25) is 24.0 Å². The molecule has 0 aliphatic carbocycles. The van der Waals surface area contributed by atoms with E-state index in [1.54, 1.807) is 18.5 Å². The normalized spacial score (nSPS) is 13.3. The lowest BCUT2D eigenvalue weighted by Gasteiger charge is -2.23. The van der Waals surface area contributed by atoms with Gasteiger partial charge in [-0.2, -0.15) is 0 Å². The average molecular weight is 563 g/mol. The first-order valence-electron chi connectivity index (χ1n) is 12.8. The van der Waals surface area contributed by atoms with Gasteiger partial charge in [-0.1, -0.05) is 36.4 Å². The van der Waals surface area contributed by atoms with Crippen molar-refractivity contribution in [3.05, 3.63) is 72.1 Å². The number of fused-ring (bicyclic) bond motifs is 2. The molecule has 9 N–H and O–H groups in total. The molecule has 0 spiro atoms. The molecule has 2 aromatic carbocycles. The smallest absolute Gasteiger partial charge is 0.322 e. The quantitative estimate of drug-likeness (QED) is 0.114. The van der Waals surface area contributed by atoms with E-state index in [0.29, 0.717) is 5.56 Å². The van der Waals surface area contributed by atoms with Crippen LogP contribution >= 0.6 is 0 Å². The SMILES string of the molecule is NC(Cc1c[nH]c2ccccc12)C(=O)NC(CC(=O)O)C(=O)NC(Cc1c[nH]c2ccccc12)C(=O)NCC(=O)O. The molecule has 13 heteroatoms. The van der Waals surface area contributed by atoms with Crippen molar-refractivity contribution >= 4 is 51.5 Å². The molecule has 3 atom stereocenters. The zero-order valence-electron chi connectivity index (χ0n) is 21.8. The Kier molecular flexibility index (Phi) is 8.99. The van der Waals surface area contributed by atoms with Crippen LogP contribution in [-0.2, 0) is 36.8 Å². The van der Waals surface area contributed by atoms with E-state index in [9.17, 15) is 29.1 Å². The van der Waals surface area contributed by atoms with Crippen LogP contribution in [0, 0.1) is 0 Å². The van der Waals surface area contributed by atoms with Crippen molar-refractivity contribution in [3.63, 3.8) is 0 Å². The molecule has 4 aromatic rings. The second kappa shape index (κ2) is 12.8. The molecule has 3 amide bonds. The van der Waals surface area contributed by atoms with E-state index in [-0.39, 0.29) is 12.8 Å². The highest BCUT2D eigenvalue weighted by Crippen LogP contribution is 2.20. The number of aliphatic carboxylic acids is 2. The third-order valence-electron chi connectivity index (χ3n) is 6.61. The number of carboxylic acids is 2. The summed E-state index contributed by atoms with van der Waals surface area (Å²) < 4.78 is 0. The Morgan fingerprint density at radius 1 is 0.707 bits per heavy atom. The highest BCUT2D eigenvalue weighted by Gasteiger charge is 2.30. The van der Waals surface area contributed by atoms with E-state index in [4.69, 9.17) is 10.8 Å². The molecule has 0 bridgehead atoms. The number of carbonyl (C=O) groups is 5. The molecular weight excluding hydrogens is 532 g/mol. The largest absolute Gasteiger partial charge is 0.481 e. The first kappa shape index (κ1) is 28.8. The van der Waals surface area contributed by atoms with Gasteiger partial charge in [0.2, 0.25) is 17.7 Å². The number of aromatic nitrogens is 2. The van der Waals surface area contributed by atoms with E-state index in [2.05, 4.69) is 25.9 Å². The molecule has 3 unspecified atom stereocenters. The average Bonchev–Trinajstić information content (AvgIpc) is 3.54. The molecule has 2 aromatic heterocycles. The van der Waals surface area contributed by atoms with Crippen molar-refractivity contribution in [2.24, 2.45) is 5.73 Å². The van der Waals surface area contributed by atoms with Crippen molar-refractivity contribution in [2.45, 2.75) is 37.4 Å². The number of carboxylic acid groups (broad SMARTS) is 2. The second-order valence-corrected chi connectivity index (χ2v) is 9.57. The van der Waals surface area contributed by atoms with Crippen LogP contribution in [0.15, 0.2) is 60.9 Å². The zero-order valence-corrected chi connectivity index (χ0v) is 21.8. The summed E-state index contributed by atoms with van der Waals surface area (Å²) in [7, 11) is 0. The lowest BCUT2D eigenvalue weighted by atomic mass is 10.0. The first-order chi connectivity index (χ1) is 19.6. The number of hydrogen-bond donors (Lipinski definition) is 8. The Hall–Kier alpha value is -5.17. The highest BCUT2D eigenvalue weighted by atomic mass is 16.4. The summed E-state index contributed by atoms with van der Waals surface area (Å²) in [5.41, 5.74) is 9.20. The summed E-state index contributed by atoms with van der Waals surface area (Å²) in [6, 6.07) is 10.8. The fraction of sp³-hybridized carbons (Fsp3) is 0.250. The summed E-state index contributed by atoms with van der Waals surface area (Å²) >= 11 is 0. The van der Waals surface area contributed by atoms with E-state index in [1.165, 1.54) is 0 Å². The van der Waals surface area contributed by atoms with Gasteiger partial charge in [-0.25, -0.2) is 0 Å². The predicted molar refractivity (Wildman–Crippen MR) is 149 cm³/mol. The highest BCUT2D eigenvalue weighted by molar-refractivity contribution is 5.96. The van der Waals surface area contributed by atoms with Crippen molar-refractivity contribution in [3.8, 4) is 0 Å². The molecule has 0 saturated heterocycles. The summed E-state index contributed by atoms with van der Waals surface area (Å²) in [6.07, 6.45) is 2.71. The van der Waals surface area contributed by atoms with Gasteiger partial charge in [-0.15, -0.1) is 0 Å². The minimum atomic E-state index is -1.55. The summed E-state index contributed by atoms with van der Waals surface area (Å²) in [5.74, 6) is -5.12. The number of H-pyrrole nitrogens is 2. The van der Waals surface area contributed by atoms with Crippen molar-refractivity contribution in [1.82, 2.24) is 25.9 Å². The van der Waals surface area contributed by atoms with Crippen LogP contribution in [0.25, 0.3) is 21.8 Å². The third-order valence-corrected chi connectivity index (χ3v) is 6.61. The second-order valence-electron chi connectivity index (χ2n) is 9.57. The standard InChI is InChI=1S/C28H30N6O7/c29-19(9-15-12-30-20-7-3-1-5-17(15)20)26(39)33-23(11-24(35)36)28(41)34-22(27(40)32-14-25(37)38)10-16-13-31-21-8-4-2-6-18(16)21/h1-8,12-13,19,22-23,30-31H,9-11,14,29H2,(H,32,40)(H,33,39)(H,34,41)(H,35,36)(H,37,38). The maximum absolute atomic E-state index is 13.2. The van der Waals surface area contributed by atoms with Crippen molar-refractivity contribution in [1.29, 1.82) is 0 Å². The molecule has 2 heterocycles. The van der Waals surface area contributed by atoms with E-state index >= 15 is 0 Å². The van der Waals surface area contributed by atoms with Crippen LogP contribution in [0.1, 0.15) is 17.5 Å². The van der Waals surface area contributed by atoms with E-state index in [0.717, 1.165) is 27.4 Å². The third kappa shape index (κ3) is 7.28. The van der Waals surface area contributed by atoms with E-state index < -0.39 is 60.8 Å². The number of benzene rings is 2. The molecule has 0 aliphatic rings. The van der Waals surface area contributed by atoms with Crippen LogP contribution in [0.4, 0.5) is 0 Å². The minimum absolute atomic E-state index is 0.0327. The van der Waals surface area contributed by atoms with E-state index in [1.807, 2.05) is 42.5 Å². The number of rotatable bonds is 13. The van der Waals surface area contributed by atoms with Crippen molar-refractivity contribution < 1.29 is 34.2 Å². The molecule has 0 fully saturated rings. The Morgan fingerprint density at radius 2 is 1.24 bits per heavy atom. The number of amides is 3. The number of nitrogens with two attached hydrogens (primary N) is 1. The van der Waals surface area contributed by atoms with Gasteiger partial charge in [-0.05, 0) is 29.7 Å². The maximum atomic E-state index is 13.2. The molecule has 41 heavy (non-hydrogen) atoms. The molecule has 0 aliphatic heterocycles. The lowest BCUT2D eigenvalue weighted by molar-refractivity contribution is -0.141. The monoisotopic (exact) mass is 562 g/mol. The molecule has 0 saturated carbocycles. The van der Waals surface area contributed by atoms with Crippen LogP contribution in [0.2, 0.25) is 0 Å². The maximum Gasteiger partial charge on any atom is 0.322 e. The van der Waals surface area contributed by atoms with Gasteiger partial charge in [0.25, 0.3) is 0 Å². The summed E-state index contributed by atoms with van der Waals surface area (Å²) in [4.78, 5) is 67.8. The van der Waals surface area contributed by atoms with Gasteiger partial charge in [0, 0.05) is 40.6 Å². The fourth-order valence-corrected chi connectivity index (χ4v) is 4.58. The van der Waals surface area contributed by atoms with Crippen LogP contribution in [0.3, 0.4) is 0 Å². The number of hydrogen-bond acceptors (Lipinski definition) is 6. The molecule has 214 valence electrons. The topological polar surface area (TPSA) is 219 Å². The molecule has 4 rings (SSSR count). The summed E-state index contributed by atoms with van der Waals surface area (Å²) in [6.45, 7) is -0.683. The minimum Gasteiger partial charge on any atom is -0.481 e. The van der Waals surface area contributed by atoms with Crippen LogP contribution < -0.4 is 21.7 Å². The van der Waals surface area contributed by atoms with Crippen LogP contribution in [0.5, 0.6) is 0 Å². The Balaban J connectivity index is 1.49. The molecule has 0 radical (unpaired) electrons.